The van der Waals surface area contributed by atoms with Crippen LogP contribution in [0.15, 0.2) is 59.5 Å². The molecule has 1 aliphatic rings. The average Bonchev–Trinajstić information content (AvgIpc) is 3.36. The molecule has 6 nitrogen and oxygen atoms in total. The SMILES string of the molecule is Cc1cc(/C=C/C(=O)N2CCN(c3ccncc3)CC2)c(C)n1Cc1ccco1. The number of carbonyl (C=O) groups excluding carboxylic acids is 1. The van der Waals surface area contributed by atoms with E-state index in [1.165, 1.54) is 0 Å². The minimum Gasteiger partial charge on any atom is -0.467 e. The van der Waals surface area contributed by atoms with Gasteiger partial charge >= 0.3 is 0 Å². The Bertz CT molecular complexity index is 982. The summed E-state index contributed by atoms with van der Waals surface area (Å²) in [7, 11) is 0. The Hall–Kier alpha value is -3.28. The lowest BCUT2D eigenvalue weighted by atomic mass is 10.2. The van der Waals surface area contributed by atoms with E-state index in [1.807, 2.05) is 35.2 Å². The maximum atomic E-state index is 12.7. The third kappa shape index (κ3) is 4.26. The number of rotatable bonds is 5. The summed E-state index contributed by atoms with van der Waals surface area (Å²) in [5.74, 6) is 0.987. The molecule has 29 heavy (non-hydrogen) atoms. The molecule has 1 saturated heterocycles. The number of aryl methyl sites for hydroxylation is 1. The molecule has 150 valence electrons. The van der Waals surface area contributed by atoms with Gasteiger partial charge in [-0.25, -0.2) is 0 Å². The van der Waals surface area contributed by atoms with Crippen LogP contribution in [0.1, 0.15) is 22.7 Å². The molecule has 0 atom stereocenters. The highest BCUT2D eigenvalue weighted by Gasteiger charge is 2.20. The van der Waals surface area contributed by atoms with Gasteiger partial charge in [-0.1, -0.05) is 0 Å². The van der Waals surface area contributed by atoms with E-state index in [2.05, 4.69) is 34.4 Å². The number of aromatic nitrogens is 2. The van der Waals surface area contributed by atoms with Crippen molar-refractivity contribution in [3.05, 3.63) is 77.8 Å². The number of piperazine rings is 1. The fourth-order valence-corrected chi connectivity index (χ4v) is 3.80. The summed E-state index contributed by atoms with van der Waals surface area (Å²) in [6, 6.07) is 10.0. The van der Waals surface area contributed by atoms with E-state index in [0.29, 0.717) is 6.54 Å². The molecule has 0 saturated carbocycles. The number of hydrogen-bond donors (Lipinski definition) is 0. The van der Waals surface area contributed by atoms with Gasteiger partial charge in [0.15, 0.2) is 0 Å². The zero-order valence-corrected chi connectivity index (χ0v) is 16.9. The minimum absolute atomic E-state index is 0.0650. The second-order valence-electron chi connectivity index (χ2n) is 7.34. The van der Waals surface area contributed by atoms with Crippen molar-refractivity contribution >= 4 is 17.7 Å². The maximum Gasteiger partial charge on any atom is 0.246 e. The van der Waals surface area contributed by atoms with Crippen LogP contribution in [0.3, 0.4) is 0 Å². The zero-order valence-electron chi connectivity index (χ0n) is 16.9. The van der Waals surface area contributed by atoms with E-state index < -0.39 is 0 Å². The van der Waals surface area contributed by atoms with E-state index >= 15 is 0 Å². The van der Waals surface area contributed by atoms with E-state index in [0.717, 1.165) is 54.6 Å². The predicted octanol–water partition coefficient (Wildman–Crippen LogP) is 3.50. The summed E-state index contributed by atoms with van der Waals surface area (Å²) in [4.78, 5) is 20.9. The van der Waals surface area contributed by atoms with Crippen molar-refractivity contribution in [2.45, 2.75) is 20.4 Å². The molecule has 4 rings (SSSR count). The number of furan rings is 1. The number of nitrogens with zero attached hydrogens (tertiary/aromatic N) is 4. The van der Waals surface area contributed by atoms with Crippen LogP contribution < -0.4 is 4.90 Å². The number of pyridine rings is 1. The van der Waals surface area contributed by atoms with Gasteiger partial charge in [-0.3, -0.25) is 9.78 Å². The lowest BCUT2D eigenvalue weighted by Gasteiger charge is -2.35. The van der Waals surface area contributed by atoms with E-state index in [-0.39, 0.29) is 5.91 Å². The normalized spacial score (nSPS) is 14.7. The number of carbonyl (C=O) groups is 1. The first kappa shape index (κ1) is 19.1. The Morgan fingerprint density at radius 1 is 1.14 bits per heavy atom. The Labute approximate surface area is 171 Å². The highest BCUT2D eigenvalue weighted by atomic mass is 16.3. The zero-order chi connectivity index (χ0) is 20.2. The average molecular weight is 390 g/mol. The van der Waals surface area contributed by atoms with Crippen LogP contribution in [0.4, 0.5) is 5.69 Å². The third-order valence-electron chi connectivity index (χ3n) is 5.53. The fraction of sp³-hybridized carbons (Fsp3) is 0.304. The first-order valence-corrected chi connectivity index (χ1v) is 9.93. The lowest BCUT2D eigenvalue weighted by Crippen LogP contribution is -2.48. The van der Waals surface area contributed by atoms with Gasteiger partial charge in [0.1, 0.15) is 5.76 Å². The molecule has 0 unspecified atom stereocenters. The Balaban J connectivity index is 1.38. The highest BCUT2D eigenvalue weighted by Crippen LogP contribution is 2.19. The molecule has 0 aliphatic carbocycles. The number of anilines is 1. The van der Waals surface area contributed by atoms with Crippen LogP contribution in [0, 0.1) is 13.8 Å². The molecule has 0 spiro atoms. The van der Waals surface area contributed by atoms with Crippen molar-refractivity contribution < 1.29 is 9.21 Å². The van der Waals surface area contributed by atoms with Gasteiger partial charge in [-0.05, 0) is 55.8 Å². The molecule has 0 aromatic carbocycles. The van der Waals surface area contributed by atoms with Gasteiger partial charge in [0, 0.05) is 61.7 Å². The van der Waals surface area contributed by atoms with Crippen molar-refractivity contribution in [3.63, 3.8) is 0 Å². The van der Waals surface area contributed by atoms with Crippen LogP contribution in [-0.2, 0) is 11.3 Å². The molecule has 0 radical (unpaired) electrons. The molecule has 3 aromatic rings. The molecular formula is C23H26N4O2. The second kappa shape index (κ2) is 8.39. The van der Waals surface area contributed by atoms with E-state index in [9.17, 15) is 4.79 Å². The van der Waals surface area contributed by atoms with Crippen molar-refractivity contribution in [1.82, 2.24) is 14.5 Å². The molecule has 1 fully saturated rings. The van der Waals surface area contributed by atoms with Gasteiger partial charge in [0.05, 0.1) is 12.8 Å². The Morgan fingerprint density at radius 2 is 1.90 bits per heavy atom. The Kier molecular flexibility index (Phi) is 5.51. The number of hydrogen-bond acceptors (Lipinski definition) is 4. The van der Waals surface area contributed by atoms with Gasteiger partial charge in [0.2, 0.25) is 5.91 Å². The van der Waals surface area contributed by atoms with Gasteiger partial charge in [0.25, 0.3) is 0 Å². The third-order valence-corrected chi connectivity index (χ3v) is 5.53. The molecular weight excluding hydrogens is 364 g/mol. The summed E-state index contributed by atoms with van der Waals surface area (Å²) in [5, 5.41) is 0. The first-order valence-electron chi connectivity index (χ1n) is 9.93. The molecule has 1 aliphatic heterocycles. The maximum absolute atomic E-state index is 12.7. The predicted molar refractivity (Wildman–Crippen MR) is 114 cm³/mol. The van der Waals surface area contributed by atoms with Crippen LogP contribution in [0.2, 0.25) is 0 Å². The standard InChI is InChI=1S/C23H26N4O2/c1-18-16-20(19(2)27(18)17-22-4-3-15-29-22)5-6-23(28)26-13-11-25(12-14-26)21-7-9-24-10-8-21/h3-10,15-16H,11-14,17H2,1-2H3/b6-5+. The van der Waals surface area contributed by atoms with Crippen molar-refractivity contribution in [1.29, 1.82) is 0 Å². The topological polar surface area (TPSA) is 54.5 Å². The summed E-state index contributed by atoms with van der Waals surface area (Å²) < 4.78 is 7.67. The quantitative estimate of drug-likeness (QED) is 0.626. The monoisotopic (exact) mass is 390 g/mol. The van der Waals surface area contributed by atoms with Crippen LogP contribution in [-0.4, -0.2) is 46.5 Å². The molecule has 1 amide bonds. The van der Waals surface area contributed by atoms with Crippen molar-refractivity contribution in [2.75, 3.05) is 31.1 Å². The summed E-state index contributed by atoms with van der Waals surface area (Å²) in [6.45, 7) is 7.97. The fourth-order valence-electron chi connectivity index (χ4n) is 3.80. The Morgan fingerprint density at radius 3 is 2.59 bits per heavy atom. The molecule has 4 heterocycles. The minimum atomic E-state index is 0.0650. The van der Waals surface area contributed by atoms with E-state index in [4.69, 9.17) is 4.42 Å². The van der Waals surface area contributed by atoms with Gasteiger partial charge in [-0.15, -0.1) is 0 Å². The second-order valence-corrected chi connectivity index (χ2v) is 7.34. The molecule has 0 bridgehead atoms. The highest BCUT2D eigenvalue weighted by molar-refractivity contribution is 5.92. The first-order chi connectivity index (χ1) is 14.1. The van der Waals surface area contributed by atoms with Crippen LogP contribution in [0.25, 0.3) is 6.08 Å². The largest absolute Gasteiger partial charge is 0.467 e. The van der Waals surface area contributed by atoms with Crippen LogP contribution >= 0.6 is 0 Å². The van der Waals surface area contributed by atoms with Crippen LogP contribution in [0.5, 0.6) is 0 Å². The van der Waals surface area contributed by atoms with E-state index in [1.54, 1.807) is 24.7 Å². The van der Waals surface area contributed by atoms with Crippen molar-refractivity contribution in [2.24, 2.45) is 0 Å². The summed E-state index contributed by atoms with van der Waals surface area (Å²) in [5.41, 5.74) is 4.51. The van der Waals surface area contributed by atoms with Crippen molar-refractivity contribution in [3.8, 4) is 0 Å². The lowest BCUT2D eigenvalue weighted by molar-refractivity contribution is -0.126. The molecule has 3 aromatic heterocycles. The number of amides is 1. The summed E-state index contributed by atoms with van der Waals surface area (Å²) in [6.07, 6.45) is 8.92. The summed E-state index contributed by atoms with van der Waals surface area (Å²) >= 11 is 0. The molecule has 6 heteroatoms. The molecule has 0 N–H and O–H groups in total. The van der Waals surface area contributed by atoms with Gasteiger partial charge in [-0.2, -0.15) is 0 Å². The smallest absolute Gasteiger partial charge is 0.246 e. The van der Waals surface area contributed by atoms with Gasteiger partial charge < -0.3 is 18.8 Å².